The van der Waals surface area contributed by atoms with E-state index in [-0.39, 0.29) is 5.75 Å². The van der Waals surface area contributed by atoms with Gasteiger partial charge in [-0.3, -0.25) is 0 Å². The Morgan fingerprint density at radius 2 is 1.74 bits per heavy atom. The van der Waals surface area contributed by atoms with Crippen molar-refractivity contribution in [2.24, 2.45) is 0 Å². The summed E-state index contributed by atoms with van der Waals surface area (Å²) in [4.78, 5) is 0.439. The number of nitrogens with one attached hydrogen (secondary N) is 1. The molecule has 19 heavy (non-hydrogen) atoms. The van der Waals surface area contributed by atoms with E-state index in [4.69, 9.17) is 0 Å². The minimum absolute atomic E-state index is 0.224. The fourth-order valence-electron chi connectivity index (χ4n) is 2.15. The average Bonchev–Trinajstić information content (AvgIpc) is 2.39. The van der Waals surface area contributed by atoms with E-state index >= 15 is 0 Å². The summed E-state index contributed by atoms with van der Waals surface area (Å²) in [6, 6.07) is 7.80. The van der Waals surface area contributed by atoms with E-state index < -0.39 is 9.84 Å². The van der Waals surface area contributed by atoms with E-state index in [2.05, 4.69) is 19.2 Å². The van der Waals surface area contributed by atoms with Crippen LogP contribution in [0.3, 0.4) is 0 Å². The van der Waals surface area contributed by atoms with E-state index in [0.717, 1.165) is 19.4 Å². The van der Waals surface area contributed by atoms with Crippen LogP contribution in [0.5, 0.6) is 0 Å². The van der Waals surface area contributed by atoms with Crippen LogP contribution in [0.1, 0.15) is 39.2 Å². The molecule has 3 nitrogen and oxygen atoms in total. The molecule has 0 heterocycles. The van der Waals surface area contributed by atoms with Gasteiger partial charge in [-0.05, 0) is 43.5 Å². The maximum absolute atomic E-state index is 11.9. The standard InChI is InChI=1S/C15H25NO2S/c1-4-11-19(17,18)15-9-7-13(8-10-15)12-14(5-2)16-6-3/h7-10,14,16H,4-6,11-12H2,1-3H3. The highest BCUT2D eigenvalue weighted by atomic mass is 32.2. The van der Waals surface area contributed by atoms with Gasteiger partial charge in [0.25, 0.3) is 0 Å². The van der Waals surface area contributed by atoms with Gasteiger partial charge in [-0.1, -0.05) is 32.9 Å². The highest BCUT2D eigenvalue weighted by Gasteiger charge is 2.13. The summed E-state index contributed by atoms with van der Waals surface area (Å²) in [5.41, 5.74) is 1.18. The maximum Gasteiger partial charge on any atom is 0.178 e. The van der Waals surface area contributed by atoms with Crippen LogP contribution in [0.15, 0.2) is 29.2 Å². The molecule has 0 saturated heterocycles. The molecular weight excluding hydrogens is 258 g/mol. The number of hydrogen-bond acceptors (Lipinski definition) is 3. The van der Waals surface area contributed by atoms with Crippen molar-refractivity contribution in [3.05, 3.63) is 29.8 Å². The normalized spacial score (nSPS) is 13.4. The smallest absolute Gasteiger partial charge is 0.178 e. The summed E-state index contributed by atoms with van der Waals surface area (Å²) in [6.07, 6.45) is 2.67. The van der Waals surface area contributed by atoms with E-state index in [1.807, 2.05) is 19.1 Å². The van der Waals surface area contributed by atoms with E-state index in [9.17, 15) is 8.42 Å². The third-order valence-electron chi connectivity index (χ3n) is 3.22. The predicted molar refractivity (Wildman–Crippen MR) is 80.2 cm³/mol. The molecule has 1 aromatic rings. The van der Waals surface area contributed by atoms with Gasteiger partial charge in [-0.25, -0.2) is 8.42 Å². The third kappa shape index (κ3) is 4.96. The average molecular weight is 283 g/mol. The predicted octanol–water partition coefficient (Wildman–Crippen LogP) is 2.80. The lowest BCUT2D eigenvalue weighted by Crippen LogP contribution is -2.30. The second kappa shape index (κ2) is 7.65. The molecule has 0 aromatic heterocycles. The fraction of sp³-hybridized carbons (Fsp3) is 0.600. The van der Waals surface area contributed by atoms with E-state index in [1.54, 1.807) is 12.1 Å². The van der Waals surface area contributed by atoms with Gasteiger partial charge in [0.05, 0.1) is 10.6 Å². The molecule has 1 unspecified atom stereocenters. The first-order valence-corrected chi connectivity index (χ1v) is 8.73. The molecule has 0 amide bonds. The SMILES string of the molecule is CCCS(=O)(=O)c1ccc(CC(CC)NCC)cc1. The van der Waals surface area contributed by atoms with E-state index in [1.165, 1.54) is 5.56 Å². The molecule has 1 rings (SSSR count). The Labute approximate surface area is 117 Å². The van der Waals surface area contributed by atoms with Gasteiger partial charge in [-0.2, -0.15) is 0 Å². The molecular formula is C15H25NO2S. The van der Waals surface area contributed by atoms with Crippen LogP contribution in [0.2, 0.25) is 0 Å². The summed E-state index contributed by atoms with van der Waals surface area (Å²) >= 11 is 0. The molecule has 108 valence electrons. The molecule has 1 atom stereocenters. The van der Waals surface area contributed by atoms with Crippen LogP contribution in [0.4, 0.5) is 0 Å². The molecule has 0 saturated carbocycles. The monoisotopic (exact) mass is 283 g/mol. The lowest BCUT2D eigenvalue weighted by Gasteiger charge is -2.15. The highest BCUT2D eigenvalue weighted by Crippen LogP contribution is 2.15. The van der Waals surface area contributed by atoms with Crippen LogP contribution >= 0.6 is 0 Å². The topological polar surface area (TPSA) is 46.2 Å². The highest BCUT2D eigenvalue weighted by molar-refractivity contribution is 7.91. The largest absolute Gasteiger partial charge is 0.314 e. The lowest BCUT2D eigenvalue weighted by molar-refractivity contribution is 0.510. The minimum Gasteiger partial charge on any atom is -0.314 e. The number of sulfone groups is 1. The number of hydrogen-bond donors (Lipinski definition) is 1. The molecule has 0 fully saturated rings. The van der Waals surface area contributed by atoms with Crippen molar-refractivity contribution >= 4 is 9.84 Å². The maximum atomic E-state index is 11.9. The van der Waals surface area contributed by atoms with Gasteiger partial charge >= 0.3 is 0 Å². The van der Waals surface area contributed by atoms with Crippen LogP contribution in [-0.4, -0.2) is 26.8 Å². The zero-order valence-corrected chi connectivity index (χ0v) is 13.0. The Morgan fingerprint density at radius 1 is 1.11 bits per heavy atom. The quantitative estimate of drug-likeness (QED) is 0.798. The van der Waals surface area contributed by atoms with Crippen molar-refractivity contribution in [2.45, 2.75) is 51.0 Å². The second-order valence-corrected chi connectivity index (χ2v) is 6.94. The first kappa shape index (κ1) is 16.2. The summed E-state index contributed by atoms with van der Waals surface area (Å²) in [6.45, 7) is 7.10. The minimum atomic E-state index is -3.09. The van der Waals surface area contributed by atoms with Crippen molar-refractivity contribution in [3.8, 4) is 0 Å². The fourth-order valence-corrected chi connectivity index (χ4v) is 3.48. The zero-order valence-electron chi connectivity index (χ0n) is 12.1. The van der Waals surface area contributed by atoms with Crippen molar-refractivity contribution in [1.82, 2.24) is 5.32 Å². The zero-order chi connectivity index (χ0) is 14.3. The van der Waals surface area contributed by atoms with Crippen LogP contribution in [-0.2, 0) is 16.3 Å². The van der Waals surface area contributed by atoms with Gasteiger partial charge in [-0.15, -0.1) is 0 Å². The van der Waals surface area contributed by atoms with Gasteiger partial charge in [0.2, 0.25) is 0 Å². The van der Waals surface area contributed by atoms with Crippen LogP contribution < -0.4 is 5.32 Å². The number of benzene rings is 1. The first-order valence-electron chi connectivity index (χ1n) is 7.08. The van der Waals surface area contributed by atoms with Gasteiger partial charge in [0, 0.05) is 6.04 Å². The Hall–Kier alpha value is -0.870. The molecule has 1 aromatic carbocycles. The van der Waals surface area contributed by atoms with Crippen molar-refractivity contribution in [1.29, 1.82) is 0 Å². The number of likely N-dealkylation sites (N-methyl/N-ethyl adjacent to an activating group) is 1. The molecule has 1 N–H and O–H groups in total. The van der Waals surface area contributed by atoms with Crippen LogP contribution in [0.25, 0.3) is 0 Å². The summed E-state index contributed by atoms with van der Waals surface area (Å²) in [5, 5.41) is 3.43. The van der Waals surface area contributed by atoms with Gasteiger partial charge < -0.3 is 5.32 Å². The molecule has 0 radical (unpaired) electrons. The van der Waals surface area contributed by atoms with Gasteiger partial charge in [0.15, 0.2) is 9.84 Å². The molecule has 0 bridgehead atoms. The Morgan fingerprint density at radius 3 is 2.21 bits per heavy atom. The lowest BCUT2D eigenvalue weighted by atomic mass is 10.0. The molecule has 4 heteroatoms. The Balaban J connectivity index is 2.76. The van der Waals surface area contributed by atoms with Crippen molar-refractivity contribution in [2.75, 3.05) is 12.3 Å². The van der Waals surface area contributed by atoms with Crippen molar-refractivity contribution < 1.29 is 8.42 Å². The Bertz CT molecular complexity index is 465. The Kier molecular flexibility index (Phi) is 6.52. The van der Waals surface area contributed by atoms with Crippen molar-refractivity contribution in [3.63, 3.8) is 0 Å². The molecule has 0 aliphatic carbocycles. The van der Waals surface area contributed by atoms with Crippen LogP contribution in [0, 0.1) is 0 Å². The molecule has 0 spiro atoms. The second-order valence-electron chi connectivity index (χ2n) is 4.83. The summed E-state index contributed by atoms with van der Waals surface area (Å²) in [5.74, 6) is 0.224. The first-order chi connectivity index (χ1) is 9.03. The summed E-state index contributed by atoms with van der Waals surface area (Å²) in [7, 11) is -3.09. The van der Waals surface area contributed by atoms with E-state index in [0.29, 0.717) is 17.4 Å². The molecule has 0 aliphatic rings. The molecule has 0 aliphatic heterocycles. The third-order valence-corrected chi connectivity index (χ3v) is 5.16. The van der Waals surface area contributed by atoms with Gasteiger partial charge in [0.1, 0.15) is 0 Å². The number of rotatable bonds is 8. The summed E-state index contributed by atoms with van der Waals surface area (Å²) < 4.78 is 23.8.